The summed E-state index contributed by atoms with van der Waals surface area (Å²) >= 11 is 0. The molecule has 1 aromatic rings. The third-order valence-electron chi connectivity index (χ3n) is 3.23. The van der Waals surface area contributed by atoms with E-state index in [9.17, 15) is 0 Å². The highest BCUT2D eigenvalue weighted by atomic mass is 14.2. The van der Waals surface area contributed by atoms with E-state index in [1.54, 1.807) is 0 Å². The Morgan fingerprint density at radius 3 is 2.27 bits per heavy atom. The molecule has 2 rings (SSSR count). The summed E-state index contributed by atoms with van der Waals surface area (Å²) in [5.74, 6) is 1.17. The lowest BCUT2D eigenvalue weighted by Crippen LogP contribution is -2.11. The van der Waals surface area contributed by atoms with Gasteiger partial charge in [-0.3, -0.25) is 0 Å². The Bertz CT molecular complexity index is 393. The quantitative estimate of drug-likeness (QED) is 0.633. The Morgan fingerprint density at radius 1 is 1.00 bits per heavy atom. The van der Waals surface area contributed by atoms with Crippen molar-refractivity contribution >= 4 is 0 Å². The molecule has 0 aliphatic heterocycles. The predicted octanol–water partition coefficient (Wildman–Crippen LogP) is 4.23. The number of aryl methyl sites for hydroxylation is 1. The molecule has 0 fully saturated rings. The minimum Gasteiger partial charge on any atom is -0.0808 e. The van der Waals surface area contributed by atoms with E-state index in [2.05, 4.69) is 63.3 Å². The van der Waals surface area contributed by atoms with Crippen molar-refractivity contribution in [1.82, 2.24) is 0 Å². The molecular weight excluding hydrogens is 180 g/mol. The van der Waals surface area contributed by atoms with Crippen LogP contribution >= 0.6 is 0 Å². The topological polar surface area (TPSA) is 0 Å². The molecule has 0 heteroatoms. The van der Waals surface area contributed by atoms with Crippen LogP contribution in [-0.2, 0) is 0 Å². The molecule has 0 amide bonds. The van der Waals surface area contributed by atoms with Crippen LogP contribution in [0.25, 0.3) is 0 Å². The van der Waals surface area contributed by atoms with Crippen LogP contribution in [0.4, 0.5) is 0 Å². The Labute approximate surface area is 92.3 Å². The second kappa shape index (κ2) is 4.06. The van der Waals surface area contributed by atoms with Gasteiger partial charge in [0.25, 0.3) is 0 Å². The van der Waals surface area contributed by atoms with E-state index in [1.165, 1.54) is 16.7 Å². The van der Waals surface area contributed by atoms with Crippen molar-refractivity contribution in [2.24, 2.45) is 5.92 Å². The number of hydrogen-bond donors (Lipinski definition) is 0. The second-order valence-electron chi connectivity index (χ2n) is 4.54. The molecule has 0 N–H and O–H groups in total. The van der Waals surface area contributed by atoms with Gasteiger partial charge in [0.1, 0.15) is 0 Å². The first kappa shape index (κ1) is 10.2. The summed E-state index contributed by atoms with van der Waals surface area (Å²) in [5, 5.41) is 0. The first-order valence-corrected chi connectivity index (χ1v) is 5.60. The van der Waals surface area contributed by atoms with Gasteiger partial charge in [0.05, 0.1) is 0 Å². The lowest BCUT2D eigenvalue weighted by atomic mass is 9.79. The van der Waals surface area contributed by atoms with Gasteiger partial charge >= 0.3 is 0 Å². The highest BCUT2D eigenvalue weighted by Crippen LogP contribution is 2.35. The van der Waals surface area contributed by atoms with Gasteiger partial charge in [-0.15, -0.1) is 0 Å². The zero-order valence-corrected chi connectivity index (χ0v) is 9.70. The molecule has 1 aliphatic carbocycles. The maximum Gasteiger partial charge on any atom is 0.0109 e. The smallest absolute Gasteiger partial charge is 0.0109 e. The molecule has 0 heterocycles. The number of hydrogen-bond acceptors (Lipinski definition) is 0. The highest BCUT2D eigenvalue weighted by molar-refractivity contribution is 5.36. The van der Waals surface area contributed by atoms with E-state index in [0.717, 1.165) is 0 Å². The molecule has 2 atom stereocenters. The lowest BCUT2D eigenvalue weighted by molar-refractivity contribution is 0.606. The van der Waals surface area contributed by atoms with Gasteiger partial charge in [0.2, 0.25) is 0 Å². The highest BCUT2D eigenvalue weighted by Gasteiger charge is 2.20. The zero-order chi connectivity index (χ0) is 10.8. The predicted molar refractivity (Wildman–Crippen MR) is 66.0 cm³/mol. The minimum atomic E-state index is 0.565. The van der Waals surface area contributed by atoms with Gasteiger partial charge in [-0.2, -0.15) is 0 Å². The first-order chi connectivity index (χ1) is 7.18. The van der Waals surface area contributed by atoms with Crippen molar-refractivity contribution in [2.45, 2.75) is 26.7 Å². The molecular formula is C15H18. The van der Waals surface area contributed by atoms with E-state index in [1.807, 2.05) is 0 Å². The fourth-order valence-corrected chi connectivity index (χ4v) is 2.35. The van der Waals surface area contributed by atoms with Gasteiger partial charge in [0.15, 0.2) is 0 Å². The zero-order valence-electron chi connectivity index (χ0n) is 9.70. The van der Waals surface area contributed by atoms with Crippen molar-refractivity contribution in [3.63, 3.8) is 0 Å². The van der Waals surface area contributed by atoms with E-state index >= 15 is 0 Å². The van der Waals surface area contributed by atoms with Crippen molar-refractivity contribution < 1.29 is 0 Å². The van der Waals surface area contributed by atoms with E-state index < -0.39 is 0 Å². The Morgan fingerprint density at radius 2 is 1.67 bits per heavy atom. The van der Waals surface area contributed by atoms with Crippen LogP contribution in [0.15, 0.2) is 48.1 Å². The average molecular weight is 198 g/mol. The summed E-state index contributed by atoms with van der Waals surface area (Å²) < 4.78 is 0. The van der Waals surface area contributed by atoms with Gasteiger partial charge in [-0.25, -0.2) is 0 Å². The third-order valence-corrected chi connectivity index (χ3v) is 3.23. The molecule has 78 valence electrons. The lowest BCUT2D eigenvalue weighted by Gasteiger charge is -2.25. The SMILES string of the molecule is CC1=CC=CC(C)C1c1ccc(C)cc1. The molecule has 0 radical (unpaired) electrons. The van der Waals surface area contributed by atoms with E-state index in [4.69, 9.17) is 0 Å². The molecule has 0 aromatic heterocycles. The summed E-state index contributed by atoms with van der Waals surface area (Å²) in [6.45, 7) is 6.65. The molecule has 0 spiro atoms. The summed E-state index contributed by atoms with van der Waals surface area (Å²) in [6, 6.07) is 8.92. The molecule has 1 aromatic carbocycles. The van der Waals surface area contributed by atoms with Crippen LogP contribution in [0.5, 0.6) is 0 Å². The minimum absolute atomic E-state index is 0.565. The molecule has 0 saturated carbocycles. The van der Waals surface area contributed by atoms with Crippen molar-refractivity contribution in [3.05, 3.63) is 59.2 Å². The average Bonchev–Trinajstić information content (AvgIpc) is 2.20. The van der Waals surface area contributed by atoms with Gasteiger partial charge in [0, 0.05) is 5.92 Å². The van der Waals surface area contributed by atoms with E-state index in [0.29, 0.717) is 11.8 Å². The molecule has 0 bridgehead atoms. The number of allylic oxidation sites excluding steroid dienone is 4. The van der Waals surface area contributed by atoms with Crippen LogP contribution < -0.4 is 0 Å². The van der Waals surface area contributed by atoms with Crippen molar-refractivity contribution in [3.8, 4) is 0 Å². The van der Waals surface area contributed by atoms with Crippen LogP contribution in [0.1, 0.15) is 30.9 Å². The van der Waals surface area contributed by atoms with Crippen LogP contribution in [-0.4, -0.2) is 0 Å². The van der Waals surface area contributed by atoms with Crippen LogP contribution in [0.2, 0.25) is 0 Å². The van der Waals surface area contributed by atoms with E-state index in [-0.39, 0.29) is 0 Å². The van der Waals surface area contributed by atoms with Gasteiger partial charge < -0.3 is 0 Å². The normalized spacial score (nSPS) is 25.1. The standard InChI is InChI=1S/C15H18/c1-11-7-9-14(10-8-11)15-12(2)5-4-6-13(15)3/h4-10,12,15H,1-3H3. The monoisotopic (exact) mass is 198 g/mol. The second-order valence-corrected chi connectivity index (χ2v) is 4.54. The summed E-state index contributed by atoms with van der Waals surface area (Å²) in [4.78, 5) is 0. The Balaban J connectivity index is 2.34. The Kier molecular flexibility index (Phi) is 2.77. The molecule has 2 unspecified atom stereocenters. The van der Waals surface area contributed by atoms with Gasteiger partial charge in [-0.1, -0.05) is 60.6 Å². The Hall–Kier alpha value is -1.30. The van der Waals surface area contributed by atoms with Gasteiger partial charge in [-0.05, 0) is 25.3 Å². The fraction of sp³-hybridized carbons (Fsp3) is 0.333. The fourth-order valence-electron chi connectivity index (χ4n) is 2.35. The van der Waals surface area contributed by atoms with Crippen molar-refractivity contribution in [1.29, 1.82) is 0 Å². The molecule has 15 heavy (non-hydrogen) atoms. The van der Waals surface area contributed by atoms with Crippen molar-refractivity contribution in [2.75, 3.05) is 0 Å². The third kappa shape index (κ3) is 2.04. The van der Waals surface area contributed by atoms with Crippen LogP contribution in [0, 0.1) is 12.8 Å². The summed E-state index contributed by atoms with van der Waals surface area (Å²) in [5.41, 5.74) is 4.24. The number of rotatable bonds is 1. The first-order valence-electron chi connectivity index (χ1n) is 5.60. The molecule has 0 nitrogen and oxygen atoms in total. The maximum absolute atomic E-state index is 2.29. The van der Waals surface area contributed by atoms with Crippen LogP contribution in [0.3, 0.4) is 0 Å². The molecule has 0 saturated heterocycles. The number of benzene rings is 1. The maximum atomic E-state index is 2.29. The summed E-state index contributed by atoms with van der Waals surface area (Å²) in [7, 11) is 0. The molecule has 1 aliphatic rings. The summed E-state index contributed by atoms with van der Waals surface area (Å²) in [6.07, 6.45) is 6.69. The largest absolute Gasteiger partial charge is 0.0808 e.